The van der Waals surface area contributed by atoms with E-state index >= 15 is 0 Å². The second kappa shape index (κ2) is 9.22. The molecule has 0 saturated carbocycles. The molecule has 0 fully saturated rings. The van der Waals surface area contributed by atoms with E-state index in [9.17, 15) is 0 Å². The van der Waals surface area contributed by atoms with Crippen LogP contribution in [0.3, 0.4) is 0 Å². The molecule has 0 amide bonds. The molecule has 10 aromatic rings. The highest BCUT2D eigenvalue weighted by Crippen LogP contribution is 2.45. The maximum atomic E-state index is 6.59. The number of nitrogens with zero attached hydrogens (tertiary/aromatic N) is 2. The van der Waals surface area contributed by atoms with Crippen LogP contribution in [0.4, 0.5) is 17.1 Å². The van der Waals surface area contributed by atoms with Gasteiger partial charge in [0.15, 0.2) is 5.58 Å². The Morgan fingerprint density at radius 3 is 1.89 bits per heavy atom. The van der Waals surface area contributed by atoms with Crippen molar-refractivity contribution in [3.05, 3.63) is 158 Å². The minimum atomic E-state index is 0.878. The van der Waals surface area contributed by atoms with Crippen LogP contribution in [0.15, 0.2) is 162 Å². The summed E-state index contributed by atoms with van der Waals surface area (Å²) in [5.41, 5.74) is 11.0. The molecule has 10 rings (SSSR count). The number of fused-ring (bicyclic) bond motifs is 9. The van der Waals surface area contributed by atoms with Crippen molar-refractivity contribution >= 4 is 77.1 Å². The van der Waals surface area contributed by atoms with Gasteiger partial charge in [-0.2, -0.15) is 0 Å². The van der Waals surface area contributed by atoms with Gasteiger partial charge in [0.05, 0.1) is 22.2 Å². The van der Waals surface area contributed by atoms with Crippen LogP contribution in [0.5, 0.6) is 0 Å². The van der Waals surface area contributed by atoms with E-state index in [2.05, 4.69) is 155 Å². The van der Waals surface area contributed by atoms with E-state index in [1.54, 1.807) is 0 Å². The zero-order chi connectivity index (χ0) is 29.5. The second-order valence-electron chi connectivity index (χ2n) is 11.8. The van der Waals surface area contributed by atoms with Gasteiger partial charge >= 0.3 is 0 Å². The average Bonchev–Trinajstić information content (AvgIpc) is 3.77. The molecular weight excluding hydrogens is 548 g/mol. The predicted octanol–water partition coefficient (Wildman–Crippen LogP) is 11.9. The molecule has 0 aliphatic rings. The van der Waals surface area contributed by atoms with Crippen molar-refractivity contribution < 1.29 is 4.42 Å². The molecule has 0 N–H and O–H groups in total. The number of benzene rings is 7. The highest BCUT2D eigenvalue weighted by Gasteiger charge is 2.22. The predicted molar refractivity (Wildman–Crippen MR) is 188 cm³/mol. The molecule has 0 aliphatic heterocycles. The molecule has 3 heterocycles. The van der Waals surface area contributed by atoms with E-state index in [1.165, 1.54) is 49.2 Å². The molecule has 0 unspecified atom stereocenters. The zero-order valence-corrected chi connectivity index (χ0v) is 24.3. The smallest absolute Gasteiger partial charge is 0.159 e. The lowest BCUT2D eigenvalue weighted by Gasteiger charge is -2.26. The van der Waals surface area contributed by atoms with Crippen molar-refractivity contribution in [3.8, 4) is 11.1 Å². The first-order valence-electron chi connectivity index (χ1n) is 15.4. The second-order valence-corrected chi connectivity index (χ2v) is 11.8. The molecule has 0 atom stereocenters. The van der Waals surface area contributed by atoms with Crippen LogP contribution in [-0.4, -0.2) is 4.40 Å². The minimum Gasteiger partial charge on any atom is -0.454 e. The van der Waals surface area contributed by atoms with Gasteiger partial charge in [0.25, 0.3) is 0 Å². The summed E-state index contributed by atoms with van der Waals surface area (Å²) in [7, 11) is 0. The molecule has 0 radical (unpaired) electrons. The number of rotatable bonds is 4. The summed E-state index contributed by atoms with van der Waals surface area (Å²) in [6, 6.07) is 56.4. The van der Waals surface area contributed by atoms with Crippen LogP contribution < -0.4 is 4.90 Å². The van der Waals surface area contributed by atoms with E-state index < -0.39 is 0 Å². The van der Waals surface area contributed by atoms with Crippen LogP contribution in [0, 0.1) is 0 Å². The fraction of sp³-hybridized carbons (Fsp3) is 0. The third-order valence-electron chi connectivity index (χ3n) is 9.32. The summed E-state index contributed by atoms with van der Waals surface area (Å²) in [6.45, 7) is 0. The highest BCUT2D eigenvalue weighted by molar-refractivity contribution is 6.23. The Bertz CT molecular complexity index is 2700. The van der Waals surface area contributed by atoms with E-state index in [0.29, 0.717) is 0 Å². The lowest BCUT2D eigenvalue weighted by Crippen LogP contribution is -2.10. The number of furan rings is 1. The fourth-order valence-corrected chi connectivity index (χ4v) is 7.33. The third kappa shape index (κ3) is 3.46. The molecule has 3 nitrogen and oxygen atoms in total. The van der Waals surface area contributed by atoms with Gasteiger partial charge in [0, 0.05) is 43.7 Å². The Morgan fingerprint density at radius 1 is 0.422 bits per heavy atom. The van der Waals surface area contributed by atoms with Crippen LogP contribution in [-0.2, 0) is 0 Å². The number of anilines is 3. The Morgan fingerprint density at radius 2 is 1.04 bits per heavy atom. The van der Waals surface area contributed by atoms with E-state index in [1.807, 2.05) is 12.1 Å². The molecule has 3 aromatic heterocycles. The van der Waals surface area contributed by atoms with Gasteiger partial charge in [0.2, 0.25) is 0 Å². The lowest BCUT2D eigenvalue weighted by molar-refractivity contribution is 0.669. The van der Waals surface area contributed by atoms with Crippen molar-refractivity contribution in [1.29, 1.82) is 0 Å². The highest BCUT2D eigenvalue weighted by atomic mass is 16.3. The van der Waals surface area contributed by atoms with Crippen molar-refractivity contribution in [1.82, 2.24) is 4.40 Å². The van der Waals surface area contributed by atoms with E-state index in [0.717, 1.165) is 39.0 Å². The number of para-hydroxylation sites is 4. The number of hydrogen-bond acceptors (Lipinski definition) is 2. The number of aromatic nitrogens is 1. The summed E-state index contributed by atoms with van der Waals surface area (Å²) in [6.07, 6.45) is 0. The summed E-state index contributed by atoms with van der Waals surface area (Å²) in [5, 5.41) is 7.35. The van der Waals surface area contributed by atoms with Gasteiger partial charge in [-0.3, -0.25) is 0 Å². The largest absolute Gasteiger partial charge is 0.454 e. The Kier molecular flexibility index (Phi) is 5.00. The maximum Gasteiger partial charge on any atom is 0.159 e. The fourth-order valence-electron chi connectivity index (χ4n) is 7.33. The summed E-state index contributed by atoms with van der Waals surface area (Å²) < 4.78 is 9.03. The maximum absolute atomic E-state index is 6.59. The molecule has 45 heavy (non-hydrogen) atoms. The lowest BCUT2D eigenvalue weighted by atomic mass is 10.0. The Balaban J connectivity index is 1.25. The zero-order valence-electron chi connectivity index (χ0n) is 24.3. The van der Waals surface area contributed by atoms with Crippen LogP contribution >= 0.6 is 0 Å². The van der Waals surface area contributed by atoms with Crippen LogP contribution in [0.2, 0.25) is 0 Å². The molecule has 0 bridgehead atoms. The topological polar surface area (TPSA) is 20.8 Å². The molecule has 0 saturated heterocycles. The van der Waals surface area contributed by atoms with E-state index in [4.69, 9.17) is 4.42 Å². The van der Waals surface area contributed by atoms with Gasteiger partial charge in [0.1, 0.15) is 5.58 Å². The van der Waals surface area contributed by atoms with Gasteiger partial charge < -0.3 is 13.7 Å². The quantitative estimate of drug-likeness (QED) is 0.208. The van der Waals surface area contributed by atoms with E-state index in [-0.39, 0.29) is 0 Å². The molecular formula is C42H26N2O. The molecule has 7 aromatic carbocycles. The molecule has 3 heteroatoms. The van der Waals surface area contributed by atoms with Gasteiger partial charge in [-0.1, -0.05) is 115 Å². The minimum absolute atomic E-state index is 0.878. The summed E-state index contributed by atoms with van der Waals surface area (Å²) in [4.78, 5) is 2.34. The first-order valence-corrected chi connectivity index (χ1v) is 15.4. The summed E-state index contributed by atoms with van der Waals surface area (Å²) in [5.74, 6) is 0. The molecule has 0 spiro atoms. The first kappa shape index (κ1) is 24.4. The molecule has 0 aliphatic carbocycles. The molecule has 210 valence electrons. The SMILES string of the molecule is c1ccc(-c2ccc(N(c3ccc4c5cccc6c7ccccc7n(c4c3)c65)c3cccc4c3oc3ccccc34)cc2)cc1. The van der Waals surface area contributed by atoms with Crippen molar-refractivity contribution in [2.24, 2.45) is 0 Å². The Labute approximate surface area is 259 Å². The van der Waals surface area contributed by atoms with Gasteiger partial charge in [-0.25, -0.2) is 0 Å². The summed E-state index contributed by atoms with van der Waals surface area (Å²) >= 11 is 0. The normalized spacial score (nSPS) is 12.0. The monoisotopic (exact) mass is 574 g/mol. The van der Waals surface area contributed by atoms with Gasteiger partial charge in [-0.15, -0.1) is 0 Å². The standard InChI is InChI=1S/C42H26N2O/c1-2-10-27(11-3-1)28-20-22-29(23-21-28)43(38-18-9-16-36-33-13-5-7-19-40(33)45-42(36)38)30-24-25-32-35-15-8-14-34-31-12-4-6-17-37(31)44(41(34)35)39(32)26-30/h1-26H. The van der Waals surface area contributed by atoms with Crippen LogP contribution in [0.25, 0.3) is 71.2 Å². The third-order valence-corrected chi connectivity index (χ3v) is 9.32. The van der Waals surface area contributed by atoms with Gasteiger partial charge in [-0.05, 0) is 53.6 Å². The average molecular weight is 575 g/mol. The van der Waals surface area contributed by atoms with Crippen LogP contribution in [0.1, 0.15) is 0 Å². The van der Waals surface area contributed by atoms with Crippen molar-refractivity contribution in [2.45, 2.75) is 0 Å². The Hall–Kier alpha value is -6.06. The van der Waals surface area contributed by atoms with Crippen molar-refractivity contribution in [2.75, 3.05) is 4.90 Å². The first-order chi connectivity index (χ1) is 22.3. The van der Waals surface area contributed by atoms with Crippen molar-refractivity contribution in [3.63, 3.8) is 0 Å². The number of hydrogen-bond donors (Lipinski definition) is 0.